The molecule has 0 bridgehead atoms. The molecule has 0 rings (SSSR count). The molecule has 0 heterocycles. The fourth-order valence-electron chi connectivity index (χ4n) is 0.894. The Morgan fingerprint density at radius 1 is 1.00 bits per heavy atom. The van der Waals surface area contributed by atoms with Crippen LogP contribution in [0.15, 0.2) is 0 Å². The monoisotopic (exact) mass is 211 g/mol. The highest BCUT2D eigenvalue weighted by atomic mass is 16.5. The van der Waals surface area contributed by atoms with Gasteiger partial charge in [-0.05, 0) is 12.7 Å². The molecule has 8 heteroatoms. The Hall–Kier alpha value is -0.320. The molecule has 0 saturated heterocycles. The summed E-state index contributed by atoms with van der Waals surface area (Å²) in [6.45, 7) is 0. The summed E-state index contributed by atoms with van der Waals surface area (Å²) in [6.07, 6.45) is -11.9. The summed E-state index contributed by atoms with van der Waals surface area (Å²) in [5, 5.41) is 74.1. The van der Waals surface area contributed by atoms with E-state index in [0.717, 1.165) is 0 Å². The Bertz CT molecular complexity index is 169. The van der Waals surface area contributed by atoms with Crippen LogP contribution in [0.2, 0.25) is 0 Å². The zero-order valence-electron chi connectivity index (χ0n) is 6.98. The third kappa shape index (κ3) is 3.12. The van der Waals surface area contributed by atoms with E-state index in [1.54, 1.807) is 0 Å². The van der Waals surface area contributed by atoms with E-state index in [1.165, 1.54) is 0 Å². The Morgan fingerprint density at radius 3 is 1.64 bits per heavy atom. The van der Waals surface area contributed by atoms with Crippen LogP contribution in [0.5, 0.6) is 0 Å². The molecule has 5 N–H and O–H groups in total. The quantitative estimate of drug-likeness (QED) is 0.279. The summed E-state index contributed by atoms with van der Waals surface area (Å²) in [7, 11) is 0. The van der Waals surface area contributed by atoms with Gasteiger partial charge in [0.15, 0.2) is 0 Å². The molecule has 0 aromatic rings. The second-order valence-electron chi connectivity index (χ2n) is 2.84. The highest BCUT2D eigenvalue weighted by Crippen LogP contribution is 2.20. The first kappa shape index (κ1) is 13.7. The molecular weight excluding hydrogens is 200 g/mol. The maximum atomic E-state index is 10.5. The minimum absolute atomic E-state index is 1.27. The van der Waals surface area contributed by atoms with Crippen LogP contribution >= 0.6 is 0 Å². The van der Waals surface area contributed by atoms with Crippen molar-refractivity contribution < 1.29 is 40.9 Å². The van der Waals surface area contributed by atoms with Gasteiger partial charge in [0.25, 0.3) is 0 Å². The molecule has 0 spiro atoms. The van der Waals surface area contributed by atoms with E-state index >= 15 is 0 Å². The van der Waals surface area contributed by atoms with Crippen molar-refractivity contribution in [2.75, 3.05) is 0 Å². The summed E-state index contributed by atoms with van der Waals surface area (Å²) in [6, 6.07) is 0. The molecular formula is C6H11O8-3. The van der Waals surface area contributed by atoms with Crippen LogP contribution in [0.3, 0.4) is 0 Å². The molecule has 0 fully saturated rings. The maximum absolute atomic E-state index is 10.5. The van der Waals surface area contributed by atoms with Gasteiger partial charge in [0.2, 0.25) is 0 Å². The SMILES string of the molecule is [O-]C(O)C(O)(C[C@H]([O-])O)C(O)[C@@H]([O-])O. The van der Waals surface area contributed by atoms with Crippen LogP contribution in [0.25, 0.3) is 0 Å². The molecule has 0 amide bonds. The largest absolute Gasteiger partial charge is 0.831 e. The van der Waals surface area contributed by atoms with Crippen LogP contribution in [0.4, 0.5) is 0 Å². The van der Waals surface area contributed by atoms with E-state index in [-0.39, 0.29) is 0 Å². The van der Waals surface area contributed by atoms with E-state index in [1.807, 2.05) is 0 Å². The molecule has 5 atom stereocenters. The number of aliphatic hydroxyl groups excluding tert-OH is 4. The van der Waals surface area contributed by atoms with Gasteiger partial charge in [0, 0.05) is 12.6 Å². The minimum atomic E-state index is -3.07. The summed E-state index contributed by atoms with van der Waals surface area (Å²) in [4.78, 5) is 0. The molecule has 0 aromatic heterocycles. The topological polar surface area (TPSA) is 170 Å². The average molecular weight is 211 g/mol. The third-order valence-corrected chi connectivity index (χ3v) is 1.71. The van der Waals surface area contributed by atoms with Crippen LogP contribution in [0.1, 0.15) is 6.42 Å². The molecule has 3 unspecified atom stereocenters. The Kier molecular flexibility index (Phi) is 4.84. The number of hydrogen-bond acceptors (Lipinski definition) is 8. The van der Waals surface area contributed by atoms with Gasteiger partial charge >= 0.3 is 0 Å². The van der Waals surface area contributed by atoms with E-state index in [9.17, 15) is 15.3 Å². The molecule has 0 aliphatic heterocycles. The van der Waals surface area contributed by atoms with E-state index in [4.69, 9.17) is 25.5 Å². The van der Waals surface area contributed by atoms with Crippen molar-refractivity contribution >= 4 is 0 Å². The zero-order chi connectivity index (χ0) is 11.5. The van der Waals surface area contributed by atoms with Crippen molar-refractivity contribution in [3.8, 4) is 0 Å². The first-order valence-electron chi connectivity index (χ1n) is 3.64. The van der Waals surface area contributed by atoms with Crippen molar-refractivity contribution in [2.24, 2.45) is 0 Å². The number of hydrogen-bond donors (Lipinski definition) is 5. The summed E-state index contributed by atoms with van der Waals surface area (Å²) >= 11 is 0. The molecule has 8 nitrogen and oxygen atoms in total. The lowest BCUT2D eigenvalue weighted by molar-refractivity contribution is -0.562. The van der Waals surface area contributed by atoms with Crippen molar-refractivity contribution in [1.29, 1.82) is 0 Å². The van der Waals surface area contributed by atoms with Crippen molar-refractivity contribution in [1.82, 2.24) is 0 Å². The third-order valence-electron chi connectivity index (χ3n) is 1.71. The highest BCUT2D eigenvalue weighted by molar-refractivity contribution is 4.89. The van der Waals surface area contributed by atoms with E-state index < -0.39 is 37.0 Å². The molecule has 0 aromatic carbocycles. The second-order valence-corrected chi connectivity index (χ2v) is 2.84. The van der Waals surface area contributed by atoms with Gasteiger partial charge < -0.3 is 40.9 Å². The Morgan fingerprint density at radius 2 is 1.43 bits per heavy atom. The van der Waals surface area contributed by atoms with Gasteiger partial charge in [0.05, 0.1) is 6.10 Å². The van der Waals surface area contributed by atoms with Gasteiger partial charge in [-0.2, -0.15) is 0 Å². The smallest absolute Gasteiger partial charge is 0.104 e. The normalized spacial score (nSPS) is 24.9. The highest BCUT2D eigenvalue weighted by Gasteiger charge is 2.38. The van der Waals surface area contributed by atoms with Gasteiger partial charge in [0.1, 0.15) is 5.60 Å². The first-order chi connectivity index (χ1) is 6.21. The number of rotatable bonds is 5. The predicted octanol–water partition coefficient (Wildman–Crippen LogP) is -6.50. The molecule has 0 radical (unpaired) electrons. The van der Waals surface area contributed by atoms with E-state index in [2.05, 4.69) is 0 Å². The van der Waals surface area contributed by atoms with Crippen molar-refractivity contribution in [3.63, 3.8) is 0 Å². The minimum Gasteiger partial charge on any atom is -0.831 e. The molecule has 0 aliphatic carbocycles. The lowest BCUT2D eigenvalue weighted by Gasteiger charge is -2.45. The molecule has 0 aliphatic rings. The standard InChI is InChI=1S/C6H11O8/c7-2(8)1-6(14,5(12)13)3(9)4(10)11/h2-5,7,9-10,12,14H,1H2/q-3/t2-,3?,4+,5?,6?/m0/s1. The maximum Gasteiger partial charge on any atom is 0.104 e. The van der Waals surface area contributed by atoms with Crippen LogP contribution < -0.4 is 15.3 Å². The summed E-state index contributed by atoms with van der Waals surface area (Å²) in [5.41, 5.74) is -3.07. The summed E-state index contributed by atoms with van der Waals surface area (Å²) < 4.78 is 0. The summed E-state index contributed by atoms with van der Waals surface area (Å²) in [5.74, 6) is 0. The fourth-order valence-corrected chi connectivity index (χ4v) is 0.894. The number of aliphatic hydroxyl groups is 5. The van der Waals surface area contributed by atoms with Crippen LogP contribution in [-0.4, -0.2) is 56.1 Å². The van der Waals surface area contributed by atoms with Crippen molar-refractivity contribution in [2.45, 2.75) is 37.0 Å². The molecule has 14 heavy (non-hydrogen) atoms. The van der Waals surface area contributed by atoms with E-state index in [0.29, 0.717) is 0 Å². The molecule has 86 valence electrons. The van der Waals surface area contributed by atoms with Gasteiger partial charge in [-0.15, -0.1) is 0 Å². The Balaban J connectivity index is 4.71. The van der Waals surface area contributed by atoms with Crippen LogP contribution in [-0.2, 0) is 0 Å². The zero-order valence-corrected chi connectivity index (χ0v) is 6.98. The lowest BCUT2D eigenvalue weighted by atomic mass is 9.91. The van der Waals surface area contributed by atoms with Crippen LogP contribution in [0, 0.1) is 0 Å². The van der Waals surface area contributed by atoms with Gasteiger partial charge in [-0.25, -0.2) is 0 Å². The first-order valence-corrected chi connectivity index (χ1v) is 3.64. The van der Waals surface area contributed by atoms with Gasteiger partial charge in [-0.1, -0.05) is 0 Å². The molecule has 0 saturated carbocycles. The fraction of sp³-hybridized carbons (Fsp3) is 1.00. The van der Waals surface area contributed by atoms with Crippen molar-refractivity contribution in [3.05, 3.63) is 0 Å². The average Bonchev–Trinajstić information content (AvgIpc) is 2.00. The lowest BCUT2D eigenvalue weighted by Crippen LogP contribution is -2.65. The second kappa shape index (κ2) is 4.96. The predicted molar refractivity (Wildman–Crippen MR) is 33.6 cm³/mol. The Labute approximate surface area is 78.9 Å². The van der Waals surface area contributed by atoms with Gasteiger partial charge in [-0.3, -0.25) is 0 Å².